The Hall–Kier alpha value is -2.50. The van der Waals surface area contributed by atoms with Gasteiger partial charge in [-0.25, -0.2) is 18.5 Å². The maximum atomic E-state index is 12.5. The first-order chi connectivity index (χ1) is 12.1. The number of sulfonamides is 1. The lowest BCUT2D eigenvalue weighted by Gasteiger charge is -2.13. The van der Waals surface area contributed by atoms with Crippen LogP contribution in [-0.2, 0) is 10.0 Å². The number of thiazole rings is 1. The fraction of sp³-hybridized carbons (Fsp3) is 0.0667. The summed E-state index contributed by atoms with van der Waals surface area (Å²) in [6.07, 6.45) is -2.03. The molecule has 0 spiro atoms. The van der Waals surface area contributed by atoms with Gasteiger partial charge in [-0.1, -0.05) is 6.07 Å². The monoisotopic (exact) mass is 401 g/mol. The van der Waals surface area contributed by atoms with Gasteiger partial charge >= 0.3 is 6.36 Å². The van der Waals surface area contributed by atoms with Crippen molar-refractivity contribution >= 4 is 21.4 Å². The number of nitrogens with two attached hydrogens (primary N) is 1. The number of aromatic nitrogens is 2. The molecule has 2 aromatic heterocycles. The van der Waals surface area contributed by atoms with Crippen LogP contribution in [0.4, 0.5) is 13.2 Å². The number of ether oxygens (including phenoxy) is 1. The molecule has 26 heavy (non-hydrogen) atoms. The van der Waals surface area contributed by atoms with Crippen molar-refractivity contribution in [2.24, 2.45) is 5.14 Å². The minimum absolute atomic E-state index is 0.313. The molecule has 0 bridgehead atoms. The summed E-state index contributed by atoms with van der Waals surface area (Å²) in [5, 5.41) is 6.83. The molecule has 0 aliphatic carbocycles. The maximum absolute atomic E-state index is 12.5. The van der Waals surface area contributed by atoms with E-state index in [4.69, 9.17) is 5.14 Å². The number of rotatable bonds is 4. The molecule has 0 aliphatic heterocycles. The molecular weight excluding hydrogens is 391 g/mol. The summed E-state index contributed by atoms with van der Waals surface area (Å²) in [6, 6.07) is 4.89. The smallest absolute Gasteiger partial charge is 0.404 e. The van der Waals surface area contributed by atoms with Crippen LogP contribution >= 0.6 is 11.3 Å². The van der Waals surface area contributed by atoms with Gasteiger partial charge in [0.15, 0.2) is 0 Å². The Labute approximate surface area is 150 Å². The van der Waals surface area contributed by atoms with Crippen molar-refractivity contribution in [2.75, 3.05) is 0 Å². The second kappa shape index (κ2) is 6.67. The number of benzene rings is 1. The van der Waals surface area contributed by atoms with E-state index in [2.05, 4.69) is 14.7 Å². The van der Waals surface area contributed by atoms with Crippen molar-refractivity contribution in [1.82, 2.24) is 9.97 Å². The normalized spacial score (nSPS) is 12.2. The zero-order chi connectivity index (χ0) is 18.9. The van der Waals surface area contributed by atoms with Crippen LogP contribution in [-0.4, -0.2) is 24.7 Å². The molecule has 0 fully saturated rings. The summed E-state index contributed by atoms with van der Waals surface area (Å²) in [4.78, 5) is 7.44. The van der Waals surface area contributed by atoms with Gasteiger partial charge in [0.05, 0.1) is 11.2 Å². The summed E-state index contributed by atoms with van der Waals surface area (Å²) in [6.45, 7) is 0. The third kappa shape index (κ3) is 4.18. The van der Waals surface area contributed by atoms with Gasteiger partial charge in [-0.05, 0) is 23.8 Å². The Morgan fingerprint density at radius 3 is 2.42 bits per heavy atom. The lowest BCUT2D eigenvalue weighted by atomic mass is 10.1. The standard InChI is InChI=1S/C15H10F3N3O3S2/c16-15(17,18)24-13-2-1-9(4-14(13)26(19,22)23)10-3-11(6-20-5-10)12-7-25-8-21-12/h1-8H,(H2,19,22,23). The first-order valence-electron chi connectivity index (χ1n) is 6.90. The fourth-order valence-corrected chi connectivity index (χ4v) is 3.45. The van der Waals surface area contributed by atoms with Crippen LogP contribution in [0.3, 0.4) is 0 Å². The molecule has 0 radical (unpaired) electrons. The lowest BCUT2D eigenvalue weighted by Crippen LogP contribution is -2.21. The topological polar surface area (TPSA) is 95.2 Å². The number of nitrogens with zero attached hydrogens (tertiary/aromatic N) is 2. The van der Waals surface area contributed by atoms with Gasteiger partial charge in [-0.15, -0.1) is 24.5 Å². The lowest BCUT2D eigenvalue weighted by molar-refractivity contribution is -0.275. The van der Waals surface area contributed by atoms with Gasteiger partial charge in [0.25, 0.3) is 0 Å². The van der Waals surface area contributed by atoms with Crippen LogP contribution < -0.4 is 9.88 Å². The molecule has 136 valence electrons. The average molecular weight is 401 g/mol. The number of primary sulfonamides is 1. The highest BCUT2D eigenvalue weighted by atomic mass is 32.2. The van der Waals surface area contributed by atoms with Crippen molar-refractivity contribution in [1.29, 1.82) is 0 Å². The van der Waals surface area contributed by atoms with Gasteiger partial charge in [-0.3, -0.25) is 4.98 Å². The number of pyridine rings is 1. The molecule has 0 unspecified atom stereocenters. The summed E-state index contributed by atoms with van der Waals surface area (Å²) < 4.78 is 64.5. The Morgan fingerprint density at radius 2 is 1.81 bits per heavy atom. The highest BCUT2D eigenvalue weighted by Crippen LogP contribution is 2.33. The molecule has 0 atom stereocenters. The molecule has 0 saturated carbocycles. The predicted molar refractivity (Wildman–Crippen MR) is 88.8 cm³/mol. The van der Waals surface area contributed by atoms with E-state index in [1.165, 1.54) is 23.6 Å². The number of alkyl halides is 3. The molecule has 2 N–H and O–H groups in total. The molecule has 6 nitrogen and oxygen atoms in total. The van der Waals surface area contributed by atoms with E-state index >= 15 is 0 Å². The predicted octanol–water partition coefficient (Wildman–Crippen LogP) is 3.42. The van der Waals surface area contributed by atoms with Crippen molar-refractivity contribution in [2.45, 2.75) is 11.3 Å². The van der Waals surface area contributed by atoms with Crippen LogP contribution in [0.2, 0.25) is 0 Å². The summed E-state index contributed by atoms with van der Waals surface area (Å²) in [5.74, 6) is -0.896. The van der Waals surface area contributed by atoms with E-state index < -0.39 is 27.0 Å². The van der Waals surface area contributed by atoms with Gasteiger partial charge in [0.1, 0.15) is 10.6 Å². The van der Waals surface area contributed by atoms with Crippen molar-refractivity contribution < 1.29 is 26.3 Å². The Bertz CT molecular complexity index is 1040. The first kappa shape index (κ1) is 18.3. The third-order valence-electron chi connectivity index (χ3n) is 3.28. The van der Waals surface area contributed by atoms with E-state index in [1.54, 1.807) is 23.2 Å². The second-order valence-electron chi connectivity index (χ2n) is 5.09. The zero-order valence-electron chi connectivity index (χ0n) is 12.8. The van der Waals surface area contributed by atoms with Crippen LogP contribution in [0.1, 0.15) is 0 Å². The zero-order valence-corrected chi connectivity index (χ0v) is 14.4. The molecule has 0 saturated heterocycles. The van der Waals surface area contributed by atoms with Crippen LogP contribution in [0.5, 0.6) is 5.75 Å². The molecule has 2 heterocycles. The highest BCUT2D eigenvalue weighted by Gasteiger charge is 2.33. The summed E-state index contributed by atoms with van der Waals surface area (Å²) in [5.41, 5.74) is 3.79. The van der Waals surface area contributed by atoms with E-state index in [1.807, 2.05) is 0 Å². The quantitative estimate of drug-likeness (QED) is 0.723. The fourth-order valence-electron chi connectivity index (χ4n) is 2.21. The van der Waals surface area contributed by atoms with Gasteiger partial charge in [0.2, 0.25) is 10.0 Å². The molecule has 0 aliphatic rings. The molecular formula is C15H10F3N3O3S2. The highest BCUT2D eigenvalue weighted by molar-refractivity contribution is 7.89. The van der Waals surface area contributed by atoms with Gasteiger partial charge < -0.3 is 4.74 Å². The Morgan fingerprint density at radius 1 is 1.08 bits per heavy atom. The summed E-state index contributed by atoms with van der Waals surface area (Å²) >= 11 is 1.39. The molecule has 11 heteroatoms. The van der Waals surface area contributed by atoms with Crippen molar-refractivity contribution in [3.05, 3.63) is 47.5 Å². The minimum Gasteiger partial charge on any atom is -0.404 e. The maximum Gasteiger partial charge on any atom is 0.573 e. The van der Waals surface area contributed by atoms with E-state index in [9.17, 15) is 21.6 Å². The number of hydrogen-bond donors (Lipinski definition) is 1. The third-order valence-corrected chi connectivity index (χ3v) is 4.79. The number of hydrogen-bond acceptors (Lipinski definition) is 6. The SMILES string of the molecule is NS(=O)(=O)c1cc(-c2cncc(-c3cscn3)c2)ccc1OC(F)(F)F. The molecule has 1 aromatic carbocycles. The van der Waals surface area contributed by atoms with Crippen LogP contribution in [0.15, 0.2) is 52.4 Å². The average Bonchev–Trinajstić information content (AvgIpc) is 3.07. The molecule has 3 rings (SSSR count). The largest absolute Gasteiger partial charge is 0.573 e. The molecule has 3 aromatic rings. The Kier molecular flexibility index (Phi) is 4.69. The van der Waals surface area contributed by atoms with Crippen molar-refractivity contribution in [3.63, 3.8) is 0 Å². The van der Waals surface area contributed by atoms with Crippen LogP contribution in [0, 0.1) is 0 Å². The van der Waals surface area contributed by atoms with Crippen molar-refractivity contribution in [3.8, 4) is 28.1 Å². The van der Waals surface area contributed by atoms with E-state index in [0.29, 0.717) is 22.4 Å². The molecule has 0 amide bonds. The Balaban J connectivity index is 2.08. The number of halogens is 3. The van der Waals surface area contributed by atoms with Crippen LogP contribution in [0.25, 0.3) is 22.4 Å². The second-order valence-corrected chi connectivity index (χ2v) is 7.34. The van der Waals surface area contributed by atoms with E-state index in [0.717, 1.165) is 12.1 Å². The van der Waals surface area contributed by atoms with E-state index in [-0.39, 0.29) is 0 Å². The van der Waals surface area contributed by atoms with Gasteiger partial charge in [-0.2, -0.15) is 0 Å². The minimum atomic E-state index is -5.05. The first-order valence-corrected chi connectivity index (χ1v) is 9.39. The summed E-state index contributed by atoms with van der Waals surface area (Å²) in [7, 11) is -4.45. The van der Waals surface area contributed by atoms with Gasteiger partial charge in [0, 0.05) is 28.9 Å².